The van der Waals surface area contributed by atoms with E-state index in [1.807, 2.05) is 0 Å². The van der Waals surface area contributed by atoms with Crippen LogP contribution in [0.15, 0.2) is 104 Å². The summed E-state index contributed by atoms with van der Waals surface area (Å²) in [6.45, 7) is 18.1. The van der Waals surface area contributed by atoms with Crippen molar-refractivity contribution in [2.75, 3.05) is 0 Å². The normalized spacial score (nSPS) is 12.4. The minimum atomic E-state index is 0.224. The Kier molecular flexibility index (Phi) is 8.49. The van der Waals surface area contributed by atoms with E-state index < -0.39 is 0 Å². The molecule has 0 aromatic heterocycles. The van der Waals surface area contributed by atoms with Gasteiger partial charge in [-0.15, -0.1) is 0 Å². The van der Waals surface area contributed by atoms with Gasteiger partial charge in [-0.2, -0.15) is 0 Å². The third-order valence-electron chi connectivity index (χ3n) is 7.99. The molecule has 0 amide bonds. The third kappa shape index (κ3) is 6.13. The third-order valence-corrected chi connectivity index (χ3v) is 7.99. The van der Waals surface area contributed by atoms with Gasteiger partial charge in [0.25, 0.3) is 0 Å². The van der Waals surface area contributed by atoms with Crippen LogP contribution in [0.4, 0.5) is 0 Å². The Morgan fingerprint density at radius 3 is 1.78 bits per heavy atom. The Hall–Kier alpha value is -3.38. The van der Waals surface area contributed by atoms with Gasteiger partial charge in [0.2, 0.25) is 0 Å². The molecule has 4 aromatic rings. The number of benzene rings is 4. The van der Waals surface area contributed by atoms with E-state index in [0.717, 1.165) is 17.6 Å². The molecule has 0 heteroatoms. The van der Waals surface area contributed by atoms with Gasteiger partial charge >= 0.3 is 0 Å². The number of fused-ring (bicyclic) bond motifs is 1. The molecule has 190 valence electrons. The number of rotatable bonds is 11. The predicted molar refractivity (Wildman–Crippen MR) is 164 cm³/mol. The predicted octanol–water partition coefficient (Wildman–Crippen LogP) is 11.0. The second-order valence-corrected chi connectivity index (χ2v) is 11.1. The summed E-state index contributed by atoms with van der Waals surface area (Å²) < 4.78 is 0. The van der Waals surface area contributed by atoms with Crippen molar-refractivity contribution in [3.8, 4) is 0 Å². The van der Waals surface area contributed by atoms with Crippen molar-refractivity contribution >= 4 is 21.9 Å². The van der Waals surface area contributed by atoms with Crippen LogP contribution in [0, 0.1) is 12.3 Å². The molecule has 0 fully saturated rings. The van der Waals surface area contributed by atoms with E-state index in [0.29, 0.717) is 5.92 Å². The van der Waals surface area contributed by atoms with Crippen LogP contribution in [0.25, 0.3) is 21.9 Å². The van der Waals surface area contributed by atoms with Gasteiger partial charge in [0.05, 0.1) is 0 Å². The fourth-order valence-electron chi connectivity index (χ4n) is 6.09. The average molecular weight is 487 g/mol. The van der Waals surface area contributed by atoms with Crippen LogP contribution in [0.3, 0.4) is 0 Å². The molecule has 0 N–H and O–H groups in total. The lowest BCUT2D eigenvalue weighted by Gasteiger charge is -2.39. The van der Waals surface area contributed by atoms with Gasteiger partial charge in [0, 0.05) is 5.92 Å². The summed E-state index contributed by atoms with van der Waals surface area (Å²) >= 11 is 0. The van der Waals surface area contributed by atoms with Crippen molar-refractivity contribution in [1.82, 2.24) is 0 Å². The smallest absolute Gasteiger partial charge is 0.0143 e. The lowest BCUT2D eigenvalue weighted by Crippen LogP contribution is -2.27. The van der Waals surface area contributed by atoms with Crippen molar-refractivity contribution in [1.29, 1.82) is 0 Å². The number of aryl methyl sites for hydroxylation is 1. The first-order valence-corrected chi connectivity index (χ1v) is 13.9. The van der Waals surface area contributed by atoms with Crippen molar-refractivity contribution in [3.63, 3.8) is 0 Å². The molecule has 0 aliphatic heterocycles. The van der Waals surface area contributed by atoms with E-state index in [9.17, 15) is 0 Å². The topological polar surface area (TPSA) is 0 Å². The zero-order valence-corrected chi connectivity index (χ0v) is 23.2. The summed E-state index contributed by atoms with van der Waals surface area (Å²) in [5, 5.41) is 2.51. The molecule has 37 heavy (non-hydrogen) atoms. The van der Waals surface area contributed by atoms with E-state index in [-0.39, 0.29) is 5.41 Å². The zero-order chi connectivity index (χ0) is 26.4. The van der Waals surface area contributed by atoms with E-state index in [4.69, 9.17) is 0 Å². The molecule has 4 aromatic carbocycles. The largest absolute Gasteiger partial charge is 0.0949 e. The van der Waals surface area contributed by atoms with Crippen LogP contribution in [0.2, 0.25) is 0 Å². The molecule has 0 aliphatic rings. The van der Waals surface area contributed by atoms with Crippen LogP contribution in [-0.4, -0.2) is 0 Å². The second kappa shape index (κ2) is 11.8. The molecule has 0 saturated heterocycles. The van der Waals surface area contributed by atoms with Crippen LogP contribution in [-0.2, 0) is 0 Å². The van der Waals surface area contributed by atoms with Gasteiger partial charge in [-0.1, -0.05) is 137 Å². The second-order valence-electron chi connectivity index (χ2n) is 11.1. The van der Waals surface area contributed by atoms with Gasteiger partial charge < -0.3 is 0 Å². The first kappa shape index (κ1) is 26.7. The minimum absolute atomic E-state index is 0.224. The standard InChI is InChI=1S/C37H42/c1-7-23-37(6,24-8-2)36(32-15-13-27(3)14-16-32)33-20-17-30(18-21-33)28(4)25-29(5)34-22-19-31-11-9-10-12-35(31)26-34/h9-22,26,36H,4-5,7-8,23-25H2,1-3,6H3. The highest BCUT2D eigenvalue weighted by Crippen LogP contribution is 2.47. The molecule has 0 heterocycles. The molecule has 4 rings (SSSR count). The van der Waals surface area contributed by atoms with Crippen molar-refractivity contribution in [2.24, 2.45) is 5.41 Å². The van der Waals surface area contributed by atoms with Crippen molar-refractivity contribution < 1.29 is 0 Å². The molecule has 0 spiro atoms. The summed E-state index contributed by atoms with van der Waals surface area (Å²) in [7, 11) is 0. The lowest BCUT2D eigenvalue weighted by atomic mass is 9.65. The molecular formula is C37H42. The first-order valence-electron chi connectivity index (χ1n) is 13.9. The monoisotopic (exact) mass is 486 g/mol. The van der Waals surface area contributed by atoms with Gasteiger partial charge in [-0.3, -0.25) is 0 Å². The van der Waals surface area contributed by atoms with Gasteiger partial charge in [-0.25, -0.2) is 0 Å². The molecule has 0 radical (unpaired) electrons. The lowest BCUT2D eigenvalue weighted by molar-refractivity contribution is 0.230. The Labute approximate surface area is 224 Å². The Morgan fingerprint density at radius 1 is 0.676 bits per heavy atom. The minimum Gasteiger partial charge on any atom is -0.0949 e. The SMILES string of the molecule is C=C(CC(=C)c1ccc2ccccc2c1)c1ccc(C(c2ccc(C)cc2)C(C)(CCC)CCC)cc1. The average Bonchev–Trinajstić information content (AvgIpc) is 2.90. The molecule has 0 saturated carbocycles. The maximum absolute atomic E-state index is 4.44. The molecule has 0 aliphatic carbocycles. The van der Waals surface area contributed by atoms with Crippen LogP contribution in [0.5, 0.6) is 0 Å². The van der Waals surface area contributed by atoms with Gasteiger partial charge in [-0.05, 0) is 81.8 Å². The van der Waals surface area contributed by atoms with Gasteiger partial charge in [0.15, 0.2) is 0 Å². The Balaban J connectivity index is 1.58. The molecule has 0 nitrogen and oxygen atoms in total. The Morgan fingerprint density at radius 2 is 1.19 bits per heavy atom. The maximum atomic E-state index is 4.44. The van der Waals surface area contributed by atoms with Crippen LogP contribution in [0.1, 0.15) is 86.6 Å². The number of allylic oxidation sites excluding steroid dienone is 2. The van der Waals surface area contributed by atoms with E-state index in [1.54, 1.807) is 0 Å². The highest BCUT2D eigenvalue weighted by molar-refractivity contribution is 5.87. The molecule has 1 unspecified atom stereocenters. The van der Waals surface area contributed by atoms with Gasteiger partial charge in [0.1, 0.15) is 0 Å². The quantitative estimate of drug-likeness (QED) is 0.198. The van der Waals surface area contributed by atoms with E-state index in [2.05, 4.69) is 132 Å². The summed E-state index contributed by atoms with van der Waals surface area (Å²) in [5.74, 6) is 0.378. The zero-order valence-electron chi connectivity index (χ0n) is 23.2. The van der Waals surface area contributed by atoms with E-state index in [1.165, 1.54) is 64.3 Å². The number of hydrogen-bond acceptors (Lipinski definition) is 0. The molecule has 0 bridgehead atoms. The fourth-order valence-corrected chi connectivity index (χ4v) is 6.09. The van der Waals surface area contributed by atoms with Crippen LogP contribution >= 0.6 is 0 Å². The number of hydrogen-bond donors (Lipinski definition) is 0. The first-order chi connectivity index (χ1) is 17.8. The maximum Gasteiger partial charge on any atom is 0.0143 e. The summed E-state index contributed by atoms with van der Waals surface area (Å²) in [6.07, 6.45) is 5.61. The van der Waals surface area contributed by atoms with Crippen molar-refractivity contribution in [3.05, 3.63) is 132 Å². The summed E-state index contributed by atoms with van der Waals surface area (Å²) in [6, 6.07) is 33.5. The molecule has 1 atom stereocenters. The highest BCUT2D eigenvalue weighted by atomic mass is 14.4. The summed E-state index contributed by atoms with van der Waals surface area (Å²) in [4.78, 5) is 0. The Bertz CT molecular complexity index is 1350. The van der Waals surface area contributed by atoms with E-state index >= 15 is 0 Å². The highest BCUT2D eigenvalue weighted by Gasteiger charge is 2.35. The molecular weight excluding hydrogens is 444 g/mol. The van der Waals surface area contributed by atoms with Crippen LogP contribution < -0.4 is 0 Å². The summed E-state index contributed by atoms with van der Waals surface area (Å²) in [5.41, 5.74) is 8.96. The fraction of sp³-hybridized carbons (Fsp3) is 0.297. The van der Waals surface area contributed by atoms with Crippen molar-refractivity contribution in [2.45, 2.75) is 65.7 Å².